The highest BCUT2D eigenvalue weighted by Gasteiger charge is 2.26. The Morgan fingerprint density at radius 3 is 2.71 bits per heavy atom. The number of amides is 1. The maximum absolute atomic E-state index is 14.2. The van der Waals surface area contributed by atoms with Crippen molar-refractivity contribution in [3.05, 3.63) is 82.4 Å². The number of H-pyrrole nitrogens is 1. The summed E-state index contributed by atoms with van der Waals surface area (Å²) < 4.78 is 27.9. The number of imidazole rings is 1. The number of aromatic amines is 1. The molecular formula is C31H31ClFN9O3. The zero-order chi connectivity index (χ0) is 30.9. The fourth-order valence-electron chi connectivity index (χ4n) is 5.76. The number of benzene rings is 1. The van der Waals surface area contributed by atoms with Crippen molar-refractivity contribution < 1.29 is 18.7 Å². The van der Waals surface area contributed by atoms with Gasteiger partial charge in [-0.25, -0.2) is 14.4 Å². The van der Waals surface area contributed by atoms with Crippen LogP contribution in [0.5, 0.6) is 5.88 Å². The third-order valence-corrected chi connectivity index (χ3v) is 8.60. The van der Waals surface area contributed by atoms with Crippen LogP contribution < -0.4 is 10.5 Å². The van der Waals surface area contributed by atoms with Gasteiger partial charge in [0.25, 0.3) is 5.91 Å². The molecule has 5 aromatic rings. The summed E-state index contributed by atoms with van der Waals surface area (Å²) in [4.78, 5) is 31.0. The number of piperidine rings is 1. The number of pyridine rings is 2. The van der Waals surface area contributed by atoms with Crippen molar-refractivity contribution in [2.75, 3.05) is 19.7 Å². The number of hydrogen-bond donors (Lipinski definition) is 2. The molecule has 2 fully saturated rings. The van der Waals surface area contributed by atoms with Crippen LogP contribution >= 0.6 is 11.6 Å². The number of fused-ring (bicyclic) bond motifs is 1. The average molecular weight is 632 g/mol. The molecule has 232 valence electrons. The van der Waals surface area contributed by atoms with Gasteiger partial charge < -0.3 is 24.8 Å². The molecule has 1 unspecified atom stereocenters. The van der Waals surface area contributed by atoms with Crippen LogP contribution in [-0.2, 0) is 24.4 Å². The third-order valence-electron chi connectivity index (χ3n) is 8.36. The van der Waals surface area contributed by atoms with Crippen molar-refractivity contribution in [3.63, 3.8) is 0 Å². The van der Waals surface area contributed by atoms with E-state index in [9.17, 15) is 9.18 Å². The van der Waals surface area contributed by atoms with Gasteiger partial charge in [0, 0.05) is 34.9 Å². The first-order valence-corrected chi connectivity index (χ1v) is 15.2. The van der Waals surface area contributed by atoms with Gasteiger partial charge in [-0.05, 0) is 56.6 Å². The molecule has 3 N–H and O–H groups in total. The summed E-state index contributed by atoms with van der Waals surface area (Å²) in [6.45, 7) is 4.00. The molecule has 0 saturated carbocycles. The predicted octanol–water partition coefficient (Wildman–Crippen LogP) is 4.25. The molecule has 45 heavy (non-hydrogen) atoms. The van der Waals surface area contributed by atoms with Crippen molar-refractivity contribution in [1.82, 2.24) is 39.6 Å². The van der Waals surface area contributed by atoms with Gasteiger partial charge >= 0.3 is 0 Å². The molecule has 1 aromatic carbocycles. The third kappa shape index (κ3) is 6.37. The standard InChI is InChI=1S/C31H31ClFN9O3/c32-20-5-4-19(22(33)12-20)17-45-28-3-1-2-23(37-28)18-6-9-41(10-7-18)16-27-36-24-13-25(30-38-31(29(34)43)40-39-30)35-14-26(24)42(27)15-21-8-11-44-21/h1-5,12-14,18,21H,6-11,15-17H2,(H2,34,43)(H,38,39,40). The number of nitrogens with one attached hydrogen (secondary N) is 1. The van der Waals surface area contributed by atoms with E-state index in [1.54, 1.807) is 24.4 Å². The Morgan fingerprint density at radius 1 is 1.13 bits per heavy atom. The fourth-order valence-corrected chi connectivity index (χ4v) is 5.92. The van der Waals surface area contributed by atoms with Crippen LogP contribution in [0.1, 0.15) is 52.9 Å². The number of aromatic nitrogens is 7. The number of likely N-dealkylation sites (tertiary alicyclic amines) is 1. The van der Waals surface area contributed by atoms with E-state index in [2.05, 4.69) is 29.6 Å². The largest absolute Gasteiger partial charge is 0.473 e. The molecular weight excluding hydrogens is 601 g/mol. The summed E-state index contributed by atoms with van der Waals surface area (Å²) in [5, 5.41) is 8.15. The van der Waals surface area contributed by atoms with E-state index in [0.29, 0.717) is 47.0 Å². The molecule has 14 heteroatoms. The number of hydrogen-bond acceptors (Lipinski definition) is 9. The quantitative estimate of drug-likeness (QED) is 0.231. The molecule has 0 spiro atoms. The first-order chi connectivity index (χ1) is 21.9. The summed E-state index contributed by atoms with van der Waals surface area (Å²) in [5.74, 6) is 0.950. The van der Waals surface area contributed by atoms with Crippen LogP contribution in [0.15, 0.2) is 48.7 Å². The summed E-state index contributed by atoms with van der Waals surface area (Å²) >= 11 is 5.86. The number of primary amides is 1. The highest BCUT2D eigenvalue weighted by atomic mass is 35.5. The van der Waals surface area contributed by atoms with Crippen LogP contribution in [0, 0.1) is 5.82 Å². The Kier molecular flexibility index (Phi) is 8.13. The van der Waals surface area contributed by atoms with Gasteiger partial charge in [0.1, 0.15) is 23.9 Å². The van der Waals surface area contributed by atoms with E-state index < -0.39 is 11.7 Å². The van der Waals surface area contributed by atoms with Gasteiger partial charge in [-0.15, -0.1) is 10.2 Å². The summed E-state index contributed by atoms with van der Waals surface area (Å²) in [6.07, 6.45) is 4.81. The smallest absolute Gasteiger partial charge is 0.286 e. The lowest BCUT2D eigenvalue weighted by Gasteiger charge is -2.32. The van der Waals surface area contributed by atoms with Crippen molar-refractivity contribution in [2.24, 2.45) is 5.73 Å². The number of nitrogens with two attached hydrogens (primary N) is 1. The van der Waals surface area contributed by atoms with Crippen molar-refractivity contribution >= 4 is 28.5 Å². The van der Waals surface area contributed by atoms with Gasteiger partial charge in [-0.1, -0.05) is 23.7 Å². The Morgan fingerprint density at radius 2 is 1.98 bits per heavy atom. The van der Waals surface area contributed by atoms with E-state index in [1.807, 2.05) is 18.2 Å². The second kappa shape index (κ2) is 12.5. The zero-order valence-corrected chi connectivity index (χ0v) is 25.1. The second-order valence-electron chi connectivity index (χ2n) is 11.3. The minimum Gasteiger partial charge on any atom is -0.473 e. The van der Waals surface area contributed by atoms with E-state index in [4.69, 9.17) is 36.8 Å². The van der Waals surface area contributed by atoms with Crippen LogP contribution in [0.3, 0.4) is 0 Å². The topological polar surface area (TPSA) is 150 Å². The van der Waals surface area contributed by atoms with E-state index in [1.165, 1.54) is 6.07 Å². The van der Waals surface area contributed by atoms with Gasteiger partial charge in [0.2, 0.25) is 11.7 Å². The SMILES string of the molecule is NC(=O)c1nnc(-c2cc3nc(CN4CCC(c5cccc(OCc6ccc(Cl)cc6F)n5)CC4)n(CC4CCO4)c3cn2)[nH]1. The Labute approximate surface area is 262 Å². The number of carbonyl (C=O) groups is 1. The molecule has 12 nitrogen and oxygen atoms in total. The molecule has 2 aliphatic rings. The van der Waals surface area contributed by atoms with E-state index >= 15 is 0 Å². The van der Waals surface area contributed by atoms with Gasteiger partial charge in [0.05, 0.1) is 36.4 Å². The van der Waals surface area contributed by atoms with Crippen LogP contribution in [0.25, 0.3) is 22.6 Å². The Hall–Kier alpha value is -4.46. The van der Waals surface area contributed by atoms with Crippen molar-refractivity contribution in [2.45, 2.75) is 51.0 Å². The first-order valence-electron chi connectivity index (χ1n) is 14.9. The number of nitrogens with zero attached hydrogens (tertiary/aromatic N) is 7. The molecule has 1 amide bonds. The summed E-state index contributed by atoms with van der Waals surface area (Å²) in [6, 6.07) is 12.1. The number of halogens is 2. The highest BCUT2D eigenvalue weighted by molar-refractivity contribution is 6.30. The highest BCUT2D eigenvalue weighted by Crippen LogP contribution is 2.30. The molecule has 0 radical (unpaired) electrons. The first kappa shape index (κ1) is 29.3. The number of carbonyl (C=O) groups excluding carboxylic acids is 1. The van der Waals surface area contributed by atoms with E-state index in [-0.39, 0.29) is 18.5 Å². The second-order valence-corrected chi connectivity index (χ2v) is 11.8. The van der Waals surface area contributed by atoms with Crippen LogP contribution in [-0.4, -0.2) is 71.3 Å². The minimum atomic E-state index is -0.687. The fraction of sp³-hybridized carbons (Fsp3) is 0.355. The molecule has 6 heterocycles. The van der Waals surface area contributed by atoms with E-state index in [0.717, 1.165) is 61.5 Å². The maximum atomic E-state index is 14.2. The molecule has 4 aromatic heterocycles. The summed E-state index contributed by atoms with van der Waals surface area (Å²) in [5.41, 5.74) is 8.93. The lowest BCUT2D eigenvalue weighted by atomic mass is 9.93. The molecule has 2 aliphatic heterocycles. The molecule has 2 saturated heterocycles. The maximum Gasteiger partial charge on any atom is 0.286 e. The average Bonchev–Trinajstić information content (AvgIpc) is 3.64. The van der Waals surface area contributed by atoms with Gasteiger partial charge in [-0.2, -0.15) is 0 Å². The molecule has 1 atom stereocenters. The monoisotopic (exact) mass is 631 g/mol. The Bertz CT molecular complexity index is 1850. The zero-order valence-electron chi connectivity index (χ0n) is 24.3. The summed E-state index contributed by atoms with van der Waals surface area (Å²) in [7, 11) is 0. The van der Waals surface area contributed by atoms with Crippen molar-refractivity contribution in [1.29, 1.82) is 0 Å². The number of ether oxygens (including phenoxy) is 2. The molecule has 0 aliphatic carbocycles. The van der Waals surface area contributed by atoms with Crippen molar-refractivity contribution in [3.8, 4) is 17.4 Å². The van der Waals surface area contributed by atoms with Gasteiger partial charge in [-0.3, -0.25) is 14.7 Å². The lowest BCUT2D eigenvalue weighted by Crippen LogP contribution is -2.35. The normalized spacial score (nSPS) is 17.4. The lowest BCUT2D eigenvalue weighted by molar-refractivity contribution is -0.0592. The molecule has 0 bridgehead atoms. The number of rotatable bonds is 10. The molecule has 7 rings (SSSR count). The van der Waals surface area contributed by atoms with Crippen LogP contribution in [0.4, 0.5) is 4.39 Å². The van der Waals surface area contributed by atoms with Crippen LogP contribution in [0.2, 0.25) is 5.02 Å². The van der Waals surface area contributed by atoms with Gasteiger partial charge in [0.15, 0.2) is 5.82 Å². The predicted molar refractivity (Wildman–Crippen MR) is 163 cm³/mol. The minimum absolute atomic E-state index is 0.0218. The Balaban J connectivity index is 1.03.